The van der Waals surface area contributed by atoms with E-state index in [0.717, 1.165) is 0 Å². The van der Waals surface area contributed by atoms with Crippen molar-refractivity contribution in [2.45, 2.75) is 32.8 Å². The second kappa shape index (κ2) is 6.06. The minimum absolute atomic E-state index is 0.0456. The number of alkyl carbamates (subject to hydrolysis) is 1. The third-order valence-electron chi connectivity index (χ3n) is 1.22. The lowest BCUT2D eigenvalue weighted by atomic mass is 10.2. The summed E-state index contributed by atoms with van der Waals surface area (Å²) in [6, 6.07) is 0. The number of hydrogen-bond donors (Lipinski definition) is 2. The SMILES string of the molecule is CC(C)(C)OC(=O)NC/C=C/CC(=O)O. The molecule has 5 heteroatoms. The largest absolute Gasteiger partial charge is 0.481 e. The highest BCUT2D eigenvalue weighted by Crippen LogP contribution is 2.05. The molecule has 0 fully saturated rings. The number of carboxylic acids is 1. The molecule has 0 radical (unpaired) electrons. The van der Waals surface area contributed by atoms with Gasteiger partial charge < -0.3 is 15.2 Å². The average Bonchev–Trinajstić information content (AvgIpc) is 1.99. The highest BCUT2D eigenvalue weighted by molar-refractivity contribution is 5.69. The number of carboxylic acid groups (broad SMARTS) is 1. The zero-order valence-corrected chi connectivity index (χ0v) is 9.24. The van der Waals surface area contributed by atoms with Crippen molar-refractivity contribution in [2.24, 2.45) is 0 Å². The fourth-order valence-corrected chi connectivity index (χ4v) is 0.724. The third kappa shape index (κ3) is 10.4. The van der Waals surface area contributed by atoms with Crippen LogP contribution in [0.2, 0.25) is 0 Å². The molecule has 1 amide bonds. The van der Waals surface area contributed by atoms with E-state index in [1.807, 2.05) is 0 Å². The first-order valence-corrected chi connectivity index (χ1v) is 4.65. The van der Waals surface area contributed by atoms with Crippen molar-refractivity contribution in [3.63, 3.8) is 0 Å². The van der Waals surface area contributed by atoms with Gasteiger partial charge in [0, 0.05) is 6.54 Å². The van der Waals surface area contributed by atoms with Crippen molar-refractivity contribution >= 4 is 12.1 Å². The van der Waals surface area contributed by atoms with Crippen molar-refractivity contribution in [1.29, 1.82) is 0 Å². The molecule has 0 aliphatic carbocycles. The molecule has 0 unspecified atom stereocenters. The van der Waals surface area contributed by atoms with Crippen LogP contribution in [0.4, 0.5) is 4.79 Å². The van der Waals surface area contributed by atoms with Gasteiger partial charge in [0.1, 0.15) is 5.60 Å². The third-order valence-corrected chi connectivity index (χ3v) is 1.22. The molecule has 15 heavy (non-hydrogen) atoms. The molecule has 2 N–H and O–H groups in total. The number of ether oxygens (including phenoxy) is 1. The van der Waals surface area contributed by atoms with Gasteiger partial charge in [-0.1, -0.05) is 12.2 Å². The first-order chi connectivity index (χ1) is 6.81. The van der Waals surface area contributed by atoms with Gasteiger partial charge >= 0.3 is 12.1 Å². The van der Waals surface area contributed by atoms with Gasteiger partial charge in [0.25, 0.3) is 0 Å². The number of carbonyl (C=O) groups is 2. The molecule has 0 saturated heterocycles. The topological polar surface area (TPSA) is 75.6 Å². The Morgan fingerprint density at radius 1 is 1.33 bits per heavy atom. The van der Waals surface area contributed by atoms with Crippen molar-refractivity contribution in [2.75, 3.05) is 6.54 Å². The number of hydrogen-bond acceptors (Lipinski definition) is 3. The Hall–Kier alpha value is -1.52. The van der Waals surface area contributed by atoms with E-state index in [4.69, 9.17) is 9.84 Å². The van der Waals surface area contributed by atoms with Crippen LogP contribution in [-0.4, -0.2) is 29.3 Å². The maximum atomic E-state index is 11.1. The Morgan fingerprint density at radius 3 is 2.40 bits per heavy atom. The lowest BCUT2D eigenvalue weighted by molar-refractivity contribution is -0.136. The molecule has 0 aliphatic rings. The van der Waals surface area contributed by atoms with E-state index in [0.29, 0.717) is 0 Å². The summed E-state index contributed by atoms with van der Waals surface area (Å²) in [5.74, 6) is -0.900. The number of amides is 1. The van der Waals surface area contributed by atoms with Crippen LogP contribution in [0.3, 0.4) is 0 Å². The highest BCUT2D eigenvalue weighted by atomic mass is 16.6. The number of carbonyl (C=O) groups excluding carboxylic acids is 1. The molecule has 0 aliphatic heterocycles. The number of rotatable bonds is 4. The lowest BCUT2D eigenvalue weighted by Gasteiger charge is -2.19. The first kappa shape index (κ1) is 13.5. The van der Waals surface area contributed by atoms with Gasteiger partial charge in [0.2, 0.25) is 0 Å². The maximum absolute atomic E-state index is 11.1. The molecule has 0 rings (SSSR count). The van der Waals surface area contributed by atoms with Crippen LogP contribution in [-0.2, 0) is 9.53 Å². The van der Waals surface area contributed by atoms with Crippen LogP contribution in [0, 0.1) is 0 Å². The molecule has 86 valence electrons. The zero-order valence-electron chi connectivity index (χ0n) is 9.24. The second-order valence-corrected chi connectivity index (χ2v) is 3.95. The molecule has 0 aromatic carbocycles. The number of nitrogens with one attached hydrogen (secondary N) is 1. The molecule has 0 bridgehead atoms. The van der Waals surface area contributed by atoms with Crippen LogP contribution in [0.1, 0.15) is 27.2 Å². The summed E-state index contributed by atoms with van der Waals surface area (Å²) in [5, 5.41) is 10.8. The predicted molar refractivity (Wildman–Crippen MR) is 55.6 cm³/mol. The molecule has 0 aromatic rings. The highest BCUT2D eigenvalue weighted by Gasteiger charge is 2.14. The Bertz CT molecular complexity index is 253. The van der Waals surface area contributed by atoms with Gasteiger partial charge in [-0.25, -0.2) is 4.79 Å². The first-order valence-electron chi connectivity index (χ1n) is 4.65. The van der Waals surface area contributed by atoms with Crippen molar-refractivity contribution in [3.05, 3.63) is 12.2 Å². The van der Waals surface area contributed by atoms with Crippen LogP contribution in [0.25, 0.3) is 0 Å². The standard InChI is InChI=1S/C10H17NO4/c1-10(2,3)15-9(14)11-7-5-4-6-8(12)13/h4-5H,6-7H2,1-3H3,(H,11,14)(H,12,13)/b5-4+. The summed E-state index contributed by atoms with van der Waals surface area (Å²) < 4.78 is 4.97. The smallest absolute Gasteiger partial charge is 0.407 e. The van der Waals surface area contributed by atoms with E-state index >= 15 is 0 Å². The predicted octanol–water partition coefficient (Wildman–Crippen LogP) is 1.54. The maximum Gasteiger partial charge on any atom is 0.407 e. The van der Waals surface area contributed by atoms with E-state index in [-0.39, 0.29) is 13.0 Å². The van der Waals surface area contributed by atoms with E-state index < -0.39 is 17.7 Å². The Balaban J connectivity index is 3.64. The van der Waals surface area contributed by atoms with Gasteiger partial charge in [0.15, 0.2) is 0 Å². The van der Waals surface area contributed by atoms with E-state index in [1.165, 1.54) is 6.08 Å². The second-order valence-electron chi connectivity index (χ2n) is 3.95. The monoisotopic (exact) mass is 215 g/mol. The van der Waals surface area contributed by atoms with E-state index in [2.05, 4.69) is 5.32 Å². The molecular formula is C10H17NO4. The normalized spacial score (nSPS) is 11.4. The Morgan fingerprint density at radius 2 is 1.93 bits per heavy atom. The van der Waals surface area contributed by atoms with Crippen molar-refractivity contribution in [1.82, 2.24) is 5.32 Å². The van der Waals surface area contributed by atoms with Gasteiger partial charge in [-0.15, -0.1) is 0 Å². The Labute approximate surface area is 89.1 Å². The summed E-state index contributed by atoms with van der Waals surface area (Å²) in [6.45, 7) is 5.58. The fourth-order valence-electron chi connectivity index (χ4n) is 0.724. The van der Waals surface area contributed by atoms with Crippen LogP contribution >= 0.6 is 0 Å². The quantitative estimate of drug-likeness (QED) is 0.697. The van der Waals surface area contributed by atoms with E-state index in [1.54, 1.807) is 26.8 Å². The van der Waals surface area contributed by atoms with E-state index in [9.17, 15) is 9.59 Å². The summed E-state index contributed by atoms with van der Waals surface area (Å²) in [4.78, 5) is 21.2. The summed E-state index contributed by atoms with van der Waals surface area (Å²) in [6.07, 6.45) is 2.48. The minimum atomic E-state index is -0.900. The molecule has 0 spiro atoms. The van der Waals surface area contributed by atoms with Crippen molar-refractivity contribution < 1.29 is 19.4 Å². The molecule has 0 aromatic heterocycles. The molecule has 5 nitrogen and oxygen atoms in total. The van der Waals surface area contributed by atoms with Crippen LogP contribution in [0.5, 0.6) is 0 Å². The van der Waals surface area contributed by atoms with Gasteiger partial charge in [-0.3, -0.25) is 4.79 Å². The lowest BCUT2D eigenvalue weighted by Crippen LogP contribution is -2.32. The van der Waals surface area contributed by atoms with Gasteiger partial charge in [0.05, 0.1) is 6.42 Å². The molecule has 0 saturated carbocycles. The average molecular weight is 215 g/mol. The summed E-state index contributed by atoms with van der Waals surface area (Å²) >= 11 is 0. The summed E-state index contributed by atoms with van der Waals surface area (Å²) in [7, 11) is 0. The number of aliphatic carboxylic acids is 1. The zero-order chi connectivity index (χ0) is 11.9. The van der Waals surface area contributed by atoms with Crippen molar-refractivity contribution in [3.8, 4) is 0 Å². The van der Waals surface area contributed by atoms with Gasteiger partial charge in [-0.05, 0) is 20.8 Å². The molecule has 0 heterocycles. The fraction of sp³-hybridized carbons (Fsp3) is 0.600. The minimum Gasteiger partial charge on any atom is -0.481 e. The molecular weight excluding hydrogens is 198 g/mol. The Kier molecular flexibility index (Phi) is 5.44. The molecule has 0 atom stereocenters. The van der Waals surface area contributed by atoms with Gasteiger partial charge in [-0.2, -0.15) is 0 Å². The van der Waals surface area contributed by atoms with Crippen LogP contribution < -0.4 is 5.32 Å². The summed E-state index contributed by atoms with van der Waals surface area (Å²) in [5.41, 5.74) is -0.519. The van der Waals surface area contributed by atoms with Crippen LogP contribution in [0.15, 0.2) is 12.2 Å².